The zero-order valence-electron chi connectivity index (χ0n) is 6.26. The van der Waals surface area contributed by atoms with E-state index in [4.69, 9.17) is 0 Å². The molecule has 0 saturated carbocycles. The lowest BCUT2D eigenvalue weighted by molar-refractivity contribution is 0.532. The lowest BCUT2D eigenvalue weighted by Crippen LogP contribution is -2.05. The third kappa shape index (κ3) is 1.00. The van der Waals surface area contributed by atoms with E-state index in [1.54, 1.807) is 6.33 Å². The van der Waals surface area contributed by atoms with Gasteiger partial charge in [-0.3, -0.25) is 4.39 Å². The molecule has 0 unspecified atom stereocenters. The smallest absolute Gasteiger partial charge is 0.0491 e. The van der Waals surface area contributed by atoms with Gasteiger partial charge in [-0.25, -0.2) is 0 Å². The zero-order chi connectivity index (χ0) is 7.68. The second-order valence-corrected chi connectivity index (χ2v) is 2.85. The molecule has 11 heavy (non-hydrogen) atoms. The molecule has 1 aliphatic carbocycles. The average molecular weight is 153 g/mol. The van der Waals surface area contributed by atoms with Gasteiger partial charge in [0.15, 0.2) is 0 Å². The van der Waals surface area contributed by atoms with E-state index in [1.165, 1.54) is 11.0 Å². The van der Waals surface area contributed by atoms with Crippen LogP contribution in [0.5, 0.6) is 0 Å². The fourth-order valence-corrected chi connectivity index (χ4v) is 1.58. The van der Waals surface area contributed by atoms with Crippen molar-refractivity contribution in [3.8, 4) is 0 Å². The van der Waals surface area contributed by atoms with Crippen LogP contribution in [0.4, 0.5) is 4.39 Å². The number of fused-ring (bicyclic) bond motifs is 1. The highest BCUT2D eigenvalue weighted by Gasteiger charge is 2.07. The second-order valence-electron chi connectivity index (χ2n) is 2.85. The highest BCUT2D eigenvalue weighted by atomic mass is 19.1. The Morgan fingerprint density at radius 3 is 3.09 bits per heavy atom. The number of aryl methyl sites for hydroxylation is 1. The summed E-state index contributed by atoms with van der Waals surface area (Å²) >= 11 is 0. The summed E-state index contributed by atoms with van der Waals surface area (Å²) in [5, 5.41) is 0. The van der Waals surface area contributed by atoms with Crippen LogP contribution in [0.2, 0.25) is 0 Å². The molecule has 0 fully saturated rings. The van der Waals surface area contributed by atoms with E-state index < -0.39 is 0 Å². The minimum atomic E-state index is 0.581. The molecule has 1 aromatic heterocycles. The van der Waals surface area contributed by atoms with E-state index in [0.29, 0.717) is 6.80 Å². The monoisotopic (exact) mass is 153 g/mol. The molecule has 0 bridgehead atoms. The maximum atomic E-state index is 12.1. The molecule has 2 rings (SSSR count). The summed E-state index contributed by atoms with van der Waals surface area (Å²) < 4.78 is 13.6. The first-order valence-corrected chi connectivity index (χ1v) is 3.90. The fraction of sp³-hybridized carbons (Fsp3) is 0.500. The Morgan fingerprint density at radius 1 is 1.45 bits per heavy atom. The molecular formula is C8H10FN2-. The van der Waals surface area contributed by atoms with Gasteiger partial charge in [0.25, 0.3) is 0 Å². The summed E-state index contributed by atoms with van der Waals surface area (Å²) in [5.41, 5.74) is 2.13. The Hall–Kier alpha value is -0.990. The first-order valence-electron chi connectivity index (χ1n) is 3.90. The number of nitrogens with zero attached hydrogens (tertiary/aromatic N) is 2. The van der Waals surface area contributed by atoms with Crippen LogP contribution in [-0.2, 0) is 12.8 Å². The van der Waals surface area contributed by atoms with Gasteiger partial charge in [0.05, 0.1) is 0 Å². The second kappa shape index (κ2) is 2.57. The van der Waals surface area contributed by atoms with Gasteiger partial charge >= 0.3 is 0 Å². The van der Waals surface area contributed by atoms with Crippen LogP contribution < -0.4 is 0 Å². The summed E-state index contributed by atoms with van der Waals surface area (Å²) in [7, 11) is 0. The Morgan fingerprint density at radius 2 is 2.27 bits per heavy atom. The van der Waals surface area contributed by atoms with Crippen molar-refractivity contribution >= 4 is 0 Å². The van der Waals surface area contributed by atoms with E-state index in [0.717, 1.165) is 30.7 Å². The lowest BCUT2D eigenvalue weighted by atomic mass is 10.0. The highest BCUT2D eigenvalue weighted by molar-refractivity contribution is 5.17. The Kier molecular flexibility index (Phi) is 1.56. The SMILES string of the molecule is F[CH-]n1cnc2c1CCCC2. The summed E-state index contributed by atoms with van der Waals surface area (Å²) in [6.45, 7) is 0.581. The van der Waals surface area contributed by atoms with Crippen LogP contribution >= 0.6 is 0 Å². The summed E-state index contributed by atoms with van der Waals surface area (Å²) in [5.74, 6) is 0. The topological polar surface area (TPSA) is 17.8 Å². The first-order chi connectivity index (χ1) is 5.42. The molecule has 0 spiro atoms. The number of rotatable bonds is 1. The molecule has 2 nitrogen and oxygen atoms in total. The molecule has 0 saturated heterocycles. The van der Waals surface area contributed by atoms with Crippen molar-refractivity contribution in [2.45, 2.75) is 25.7 Å². The van der Waals surface area contributed by atoms with Gasteiger partial charge in [-0.15, -0.1) is 0 Å². The van der Waals surface area contributed by atoms with Crippen molar-refractivity contribution in [2.75, 3.05) is 0 Å². The Bertz CT molecular complexity index is 241. The molecule has 1 heterocycles. The maximum absolute atomic E-state index is 12.1. The van der Waals surface area contributed by atoms with Crippen LogP contribution in [0.1, 0.15) is 24.2 Å². The molecule has 3 heteroatoms. The normalized spacial score (nSPS) is 16.1. The largest absolute Gasteiger partial charge is 0.446 e. The predicted molar refractivity (Wildman–Crippen MR) is 39.7 cm³/mol. The minimum absolute atomic E-state index is 0.581. The van der Waals surface area contributed by atoms with Gasteiger partial charge in [-0.1, -0.05) is 18.5 Å². The van der Waals surface area contributed by atoms with Crippen molar-refractivity contribution < 1.29 is 4.39 Å². The Balaban J connectivity index is 2.38. The fourth-order valence-electron chi connectivity index (χ4n) is 1.58. The van der Waals surface area contributed by atoms with Gasteiger partial charge < -0.3 is 9.55 Å². The van der Waals surface area contributed by atoms with Gasteiger partial charge in [0, 0.05) is 6.80 Å². The molecule has 0 aromatic carbocycles. The van der Waals surface area contributed by atoms with Gasteiger partial charge in [0.1, 0.15) is 0 Å². The van der Waals surface area contributed by atoms with Gasteiger partial charge in [-0.05, 0) is 24.9 Å². The molecule has 0 N–H and O–H groups in total. The molecule has 0 atom stereocenters. The van der Waals surface area contributed by atoms with Gasteiger partial charge in [0.2, 0.25) is 0 Å². The molecule has 0 aliphatic heterocycles. The van der Waals surface area contributed by atoms with E-state index in [-0.39, 0.29) is 0 Å². The highest BCUT2D eigenvalue weighted by Crippen LogP contribution is 2.19. The standard InChI is InChI=1S/C8H10FN2/c9-5-11-6-10-7-3-1-2-4-8(7)11/h5-6H,1-4H2/q-1. The van der Waals surface area contributed by atoms with Crippen molar-refractivity contribution in [1.82, 2.24) is 9.55 Å². The Labute approximate surface area is 65.1 Å². The zero-order valence-corrected chi connectivity index (χ0v) is 6.26. The molecular weight excluding hydrogens is 143 g/mol. The maximum Gasteiger partial charge on any atom is 0.0491 e. The summed E-state index contributed by atoms with van der Waals surface area (Å²) in [6, 6.07) is 0. The summed E-state index contributed by atoms with van der Waals surface area (Å²) in [4.78, 5) is 4.12. The average Bonchev–Trinajstić information content (AvgIpc) is 2.47. The van der Waals surface area contributed by atoms with Gasteiger partial charge in [-0.2, -0.15) is 0 Å². The molecule has 1 aliphatic rings. The van der Waals surface area contributed by atoms with Crippen LogP contribution in [0.15, 0.2) is 6.33 Å². The van der Waals surface area contributed by atoms with Crippen LogP contribution in [-0.4, -0.2) is 9.55 Å². The van der Waals surface area contributed by atoms with Crippen LogP contribution in [0.25, 0.3) is 0 Å². The molecule has 1 aromatic rings. The van der Waals surface area contributed by atoms with Crippen LogP contribution in [0.3, 0.4) is 0 Å². The lowest BCUT2D eigenvalue weighted by Gasteiger charge is -2.18. The van der Waals surface area contributed by atoms with E-state index in [1.807, 2.05) is 0 Å². The van der Waals surface area contributed by atoms with E-state index in [2.05, 4.69) is 4.98 Å². The number of hydrogen-bond donors (Lipinski definition) is 0. The third-order valence-corrected chi connectivity index (χ3v) is 2.17. The number of hydrogen-bond acceptors (Lipinski definition) is 1. The number of halogens is 1. The molecule has 60 valence electrons. The molecule has 0 amide bonds. The predicted octanol–water partition coefficient (Wildman–Crippen LogP) is 1.70. The third-order valence-electron chi connectivity index (χ3n) is 2.17. The van der Waals surface area contributed by atoms with Crippen molar-refractivity contribution in [3.63, 3.8) is 0 Å². The number of imidazole rings is 1. The molecule has 0 radical (unpaired) electrons. The van der Waals surface area contributed by atoms with Crippen molar-refractivity contribution in [3.05, 3.63) is 24.5 Å². The summed E-state index contributed by atoms with van der Waals surface area (Å²) in [6.07, 6.45) is 5.88. The first kappa shape index (κ1) is 6.70. The van der Waals surface area contributed by atoms with E-state index >= 15 is 0 Å². The van der Waals surface area contributed by atoms with Crippen LogP contribution in [0, 0.1) is 6.80 Å². The van der Waals surface area contributed by atoms with E-state index in [9.17, 15) is 4.39 Å². The minimum Gasteiger partial charge on any atom is -0.446 e. The number of aromatic nitrogens is 2. The quantitative estimate of drug-likeness (QED) is 0.561. The van der Waals surface area contributed by atoms with Crippen molar-refractivity contribution in [1.29, 1.82) is 0 Å². The van der Waals surface area contributed by atoms with Crippen molar-refractivity contribution in [2.24, 2.45) is 0 Å².